The monoisotopic (exact) mass is 322 g/mol. The molecule has 0 bridgehead atoms. The van der Waals surface area contributed by atoms with Crippen LogP contribution in [0, 0.1) is 5.92 Å². The molecule has 0 saturated carbocycles. The Labute approximate surface area is 142 Å². The molecule has 1 fully saturated rings. The summed E-state index contributed by atoms with van der Waals surface area (Å²) in [6, 6.07) is 17.4. The topological polar surface area (TPSA) is 43.8 Å². The number of carbonyl (C=O) groups is 1. The lowest BCUT2D eigenvalue weighted by Gasteiger charge is -2.36. The molecule has 0 unspecified atom stereocenters. The average Bonchev–Trinajstić information content (AvgIpc) is 2.57. The average molecular weight is 322 g/mol. The molecular weight excluding hydrogens is 300 g/mol. The minimum atomic E-state index is -0.674. The van der Waals surface area contributed by atoms with Crippen molar-refractivity contribution in [2.24, 2.45) is 5.92 Å². The molecule has 2 aromatic rings. The molecule has 4 nitrogen and oxygen atoms in total. The highest BCUT2D eigenvalue weighted by molar-refractivity contribution is 5.71. The second-order valence-corrected chi connectivity index (χ2v) is 6.84. The highest BCUT2D eigenvalue weighted by Crippen LogP contribution is 2.25. The molecule has 0 radical (unpaired) electrons. The second-order valence-electron chi connectivity index (χ2n) is 6.84. The number of nitrogens with zero attached hydrogens (tertiary/aromatic N) is 2. The largest absolute Gasteiger partial charge is 0.481 e. The lowest BCUT2D eigenvalue weighted by molar-refractivity contribution is -0.147. The van der Waals surface area contributed by atoms with Crippen molar-refractivity contribution >= 4 is 11.7 Å². The van der Waals surface area contributed by atoms with Crippen molar-refractivity contribution in [1.82, 2.24) is 4.90 Å². The molecule has 4 rings (SSSR count). The summed E-state index contributed by atoms with van der Waals surface area (Å²) in [5.41, 5.74) is 5.41. The van der Waals surface area contributed by atoms with Gasteiger partial charge in [-0.25, -0.2) is 0 Å². The molecular formula is C20H22N2O2. The summed E-state index contributed by atoms with van der Waals surface area (Å²) in [5, 5.41) is 8.94. The Kier molecular flexibility index (Phi) is 3.98. The highest BCUT2D eigenvalue weighted by atomic mass is 16.4. The summed E-state index contributed by atoms with van der Waals surface area (Å²) in [6.45, 7) is 4.21. The number of fused-ring (bicyclic) bond motifs is 1. The fourth-order valence-electron chi connectivity index (χ4n) is 3.64. The lowest BCUT2D eigenvalue weighted by atomic mass is 9.98. The summed E-state index contributed by atoms with van der Waals surface area (Å²) in [7, 11) is 0. The fraction of sp³-hybridized carbons (Fsp3) is 0.350. The van der Waals surface area contributed by atoms with Gasteiger partial charge in [0.15, 0.2) is 0 Å². The molecule has 24 heavy (non-hydrogen) atoms. The van der Waals surface area contributed by atoms with Gasteiger partial charge in [0.1, 0.15) is 0 Å². The Morgan fingerprint density at radius 2 is 1.75 bits per heavy atom. The van der Waals surface area contributed by atoms with E-state index in [1.807, 2.05) is 0 Å². The number of carboxylic acid groups (broad SMARTS) is 1. The van der Waals surface area contributed by atoms with E-state index in [1.165, 1.54) is 22.4 Å². The number of aliphatic carboxylic acids is 1. The zero-order chi connectivity index (χ0) is 16.5. The Morgan fingerprint density at radius 1 is 1.04 bits per heavy atom. The molecule has 1 saturated heterocycles. The first kappa shape index (κ1) is 15.2. The Morgan fingerprint density at radius 3 is 2.46 bits per heavy atom. The molecule has 2 aromatic carbocycles. The molecule has 0 aliphatic carbocycles. The van der Waals surface area contributed by atoms with Gasteiger partial charge in [0, 0.05) is 38.4 Å². The summed E-state index contributed by atoms with van der Waals surface area (Å²) >= 11 is 0. The van der Waals surface area contributed by atoms with Gasteiger partial charge in [-0.3, -0.25) is 9.69 Å². The highest BCUT2D eigenvalue weighted by Gasteiger charge is 2.32. The quantitative estimate of drug-likeness (QED) is 0.940. The van der Waals surface area contributed by atoms with Crippen LogP contribution in [-0.2, 0) is 24.3 Å². The van der Waals surface area contributed by atoms with Crippen LogP contribution in [0.5, 0.6) is 0 Å². The van der Waals surface area contributed by atoms with Crippen molar-refractivity contribution in [1.29, 1.82) is 0 Å². The number of anilines is 1. The van der Waals surface area contributed by atoms with Gasteiger partial charge in [-0.1, -0.05) is 36.4 Å². The molecule has 0 spiro atoms. The summed E-state index contributed by atoms with van der Waals surface area (Å²) in [5.74, 6) is -0.857. The predicted octanol–water partition coefficient (Wildman–Crippen LogP) is 2.77. The maximum absolute atomic E-state index is 10.9. The fourth-order valence-corrected chi connectivity index (χ4v) is 3.64. The van der Waals surface area contributed by atoms with Crippen molar-refractivity contribution in [3.63, 3.8) is 0 Å². The molecule has 2 aliphatic heterocycles. The first-order valence-electron chi connectivity index (χ1n) is 8.55. The van der Waals surface area contributed by atoms with Gasteiger partial charge in [-0.2, -0.15) is 0 Å². The van der Waals surface area contributed by atoms with Crippen molar-refractivity contribution in [3.8, 4) is 0 Å². The normalized spacial score (nSPS) is 18.1. The SMILES string of the molecule is O=C(O)C1CN(Cc2ccc(N3CCc4ccccc4C3)cc2)C1. The third-order valence-corrected chi connectivity index (χ3v) is 5.14. The van der Waals surface area contributed by atoms with Crippen molar-refractivity contribution in [3.05, 3.63) is 65.2 Å². The number of carboxylic acids is 1. The third-order valence-electron chi connectivity index (χ3n) is 5.14. The summed E-state index contributed by atoms with van der Waals surface area (Å²) < 4.78 is 0. The van der Waals surface area contributed by atoms with Crippen molar-refractivity contribution < 1.29 is 9.90 Å². The van der Waals surface area contributed by atoms with Gasteiger partial charge >= 0.3 is 5.97 Å². The van der Waals surface area contributed by atoms with E-state index in [1.54, 1.807) is 0 Å². The number of hydrogen-bond donors (Lipinski definition) is 1. The van der Waals surface area contributed by atoms with Gasteiger partial charge in [-0.05, 0) is 35.2 Å². The minimum Gasteiger partial charge on any atom is -0.481 e. The molecule has 2 heterocycles. The maximum Gasteiger partial charge on any atom is 0.309 e. The van der Waals surface area contributed by atoms with Crippen LogP contribution in [0.3, 0.4) is 0 Å². The zero-order valence-corrected chi connectivity index (χ0v) is 13.7. The maximum atomic E-state index is 10.9. The minimum absolute atomic E-state index is 0.183. The number of hydrogen-bond acceptors (Lipinski definition) is 3. The predicted molar refractivity (Wildman–Crippen MR) is 94.0 cm³/mol. The number of benzene rings is 2. The van der Waals surface area contributed by atoms with Gasteiger partial charge in [0.25, 0.3) is 0 Å². The van der Waals surface area contributed by atoms with Crippen LogP contribution in [0.25, 0.3) is 0 Å². The van der Waals surface area contributed by atoms with E-state index in [9.17, 15) is 4.79 Å². The summed E-state index contributed by atoms with van der Waals surface area (Å²) in [4.78, 5) is 15.5. The smallest absolute Gasteiger partial charge is 0.309 e. The molecule has 2 aliphatic rings. The van der Waals surface area contributed by atoms with E-state index < -0.39 is 5.97 Å². The van der Waals surface area contributed by atoms with Crippen molar-refractivity contribution in [2.45, 2.75) is 19.5 Å². The van der Waals surface area contributed by atoms with Crippen LogP contribution in [-0.4, -0.2) is 35.6 Å². The molecule has 124 valence electrons. The van der Waals surface area contributed by atoms with E-state index in [0.717, 1.165) is 26.1 Å². The van der Waals surface area contributed by atoms with Crippen LogP contribution in [0.4, 0.5) is 5.69 Å². The van der Waals surface area contributed by atoms with E-state index in [4.69, 9.17) is 5.11 Å². The van der Waals surface area contributed by atoms with Gasteiger partial charge in [-0.15, -0.1) is 0 Å². The first-order valence-corrected chi connectivity index (χ1v) is 8.55. The first-order chi connectivity index (χ1) is 11.7. The van der Waals surface area contributed by atoms with Crippen LogP contribution in [0.1, 0.15) is 16.7 Å². The third kappa shape index (κ3) is 3.02. The van der Waals surface area contributed by atoms with E-state index in [0.29, 0.717) is 13.1 Å². The molecule has 1 N–H and O–H groups in total. The molecule has 0 aromatic heterocycles. The van der Waals surface area contributed by atoms with Crippen LogP contribution in [0.2, 0.25) is 0 Å². The number of likely N-dealkylation sites (tertiary alicyclic amines) is 1. The van der Waals surface area contributed by atoms with E-state index in [-0.39, 0.29) is 5.92 Å². The van der Waals surface area contributed by atoms with Crippen LogP contribution < -0.4 is 4.90 Å². The second kappa shape index (κ2) is 6.29. The molecule has 4 heteroatoms. The van der Waals surface area contributed by atoms with Gasteiger partial charge < -0.3 is 10.0 Å². The summed E-state index contributed by atoms with van der Waals surface area (Å²) in [6.07, 6.45) is 1.10. The Hall–Kier alpha value is -2.33. The van der Waals surface area contributed by atoms with Gasteiger partial charge in [0.05, 0.1) is 5.92 Å². The number of rotatable bonds is 4. The zero-order valence-electron chi connectivity index (χ0n) is 13.7. The van der Waals surface area contributed by atoms with Crippen LogP contribution >= 0.6 is 0 Å². The molecule has 0 atom stereocenters. The van der Waals surface area contributed by atoms with Crippen molar-refractivity contribution in [2.75, 3.05) is 24.5 Å². The Balaban J connectivity index is 1.37. The molecule has 0 amide bonds. The lowest BCUT2D eigenvalue weighted by Crippen LogP contribution is -2.49. The standard InChI is InChI=1S/C20H22N2O2/c23-20(24)18-12-21(13-18)11-15-5-7-19(8-6-15)22-10-9-16-3-1-2-4-17(16)14-22/h1-8,18H,9-14H2,(H,23,24). The Bertz CT molecular complexity index is 736. The van der Waals surface area contributed by atoms with E-state index in [2.05, 4.69) is 58.3 Å². The van der Waals surface area contributed by atoms with Gasteiger partial charge in [0.2, 0.25) is 0 Å². The van der Waals surface area contributed by atoms with Crippen LogP contribution in [0.15, 0.2) is 48.5 Å². The van der Waals surface area contributed by atoms with E-state index >= 15 is 0 Å².